The van der Waals surface area contributed by atoms with Gasteiger partial charge in [-0.05, 0) is 258 Å². The van der Waals surface area contributed by atoms with Crippen LogP contribution in [0.1, 0.15) is 373 Å². The van der Waals surface area contributed by atoms with E-state index in [9.17, 15) is 0 Å². The monoisotopic (exact) mass is 1470 g/mol. The van der Waals surface area contributed by atoms with E-state index in [-0.39, 0.29) is 101 Å². The minimum Gasteiger partial charge on any atom is -1.00 e. The molecule has 12 saturated carbocycles. The molecule has 0 bridgehead atoms. The maximum atomic E-state index is 2.88. The van der Waals surface area contributed by atoms with Crippen LogP contribution in [-0.4, -0.2) is 67.9 Å². The second-order valence-electron chi connectivity index (χ2n) is 30.2. The molecule has 0 spiro atoms. The first-order chi connectivity index (χ1) is 37.7. The van der Waals surface area contributed by atoms with Crippen molar-refractivity contribution < 1.29 is 68.9 Å². The predicted molar refractivity (Wildman–Crippen MR) is 356 cm³/mol. The van der Waals surface area contributed by atoms with Gasteiger partial charge in [0.15, 0.2) is 0 Å². The van der Waals surface area contributed by atoms with E-state index in [4.69, 9.17) is 0 Å². The van der Waals surface area contributed by atoms with E-state index in [1.54, 1.807) is 295 Å². The molecule has 12 aliphatic rings. The summed E-state index contributed by atoms with van der Waals surface area (Å²) in [6, 6.07) is 0. The fraction of sp³-hybridized carbons (Fsp3) is 1.00. The summed E-state index contributed by atoms with van der Waals surface area (Å²) in [5, 5.41) is 0. The van der Waals surface area contributed by atoms with Crippen molar-refractivity contribution in [3.63, 3.8) is 0 Å². The summed E-state index contributed by atoms with van der Waals surface area (Å²) in [4.78, 5) is 0. The summed E-state index contributed by atoms with van der Waals surface area (Å²) >= 11 is 0. The zero-order valence-corrected chi connectivity index (χ0v) is 62.2. The van der Waals surface area contributed by atoms with Crippen LogP contribution in [-0.2, 0) is 56.5 Å². The molecule has 0 aromatic rings. The van der Waals surface area contributed by atoms with Crippen molar-refractivity contribution in [2.24, 2.45) is 11.8 Å². The van der Waals surface area contributed by atoms with Crippen molar-refractivity contribution in [3.05, 3.63) is 0 Å². The van der Waals surface area contributed by atoms with E-state index in [0.29, 0.717) is 0 Å². The average molecular weight is 1470 g/mol. The van der Waals surface area contributed by atoms with Crippen molar-refractivity contribution in [2.45, 2.75) is 441 Å². The number of halogens is 1. The van der Waals surface area contributed by atoms with Crippen LogP contribution in [0.25, 0.3) is 0 Å². The molecular weight excluding hydrogens is 1330 g/mol. The van der Waals surface area contributed by atoms with Crippen LogP contribution < -0.4 is 12.4 Å². The van der Waals surface area contributed by atoms with Gasteiger partial charge in [-0.15, -0.1) is 0 Å². The molecule has 4 unspecified atom stereocenters. The van der Waals surface area contributed by atoms with Gasteiger partial charge in [-0.1, -0.05) is 116 Å². The van der Waals surface area contributed by atoms with Crippen LogP contribution >= 0.6 is 31.7 Å². The largest absolute Gasteiger partial charge is 1.00 e. The molecule has 0 saturated heterocycles. The van der Waals surface area contributed by atoms with Crippen LogP contribution in [0.3, 0.4) is 0 Å². The Morgan fingerprint density at radius 2 is 0.375 bits per heavy atom. The van der Waals surface area contributed by atoms with Crippen LogP contribution in [0.15, 0.2) is 0 Å². The van der Waals surface area contributed by atoms with Crippen molar-refractivity contribution in [1.82, 2.24) is 0 Å². The minimum absolute atomic E-state index is 0. The Balaban J connectivity index is 0.000000239. The molecule has 12 fully saturated rings. The molecule has 1 radical (unpaired) electrons. The van der Waals surface area contributed by atoms with Crippen LogP contribution in [0.2, 0.25) is 0 Å². The molecule has 0 nitrogen and oxygen atoms in total. The van der Waals surface area contributed by atoms with Gasteiger partial charge in [-0.2, -0.15) is 0 Å². The van der Waals surface area contributed by atoms with E-state index >= 15 is 0 Å². The van der Waals surface area contributed by atoms with E-state index < -0.39 is 0 Å². The Bertz CT molecular complexity index is 1290. The Labute approximate surface area is 549 Å². The second-order valence-corrected chi connectivity index (χ2v) is 44.0. The molecule has 0 aromatic carbocycles. The van der Waals surface area contributed by atoms with Crippen LogP contribution in [0, 0.1) is 11.8 Å². The number of rotatable bonds is 14. The molecular formula is C72H136AuClFe2P4+3. The molecule has 80 heavy (non-hydrogen) atoms. The van der Waals surface area contributed by atoms with Gasteiger partial charge in [-0.3, -0.25) is 0 Å². The van der Waals surface area contributed by atoms with Crippen molar-refractivity contribution >= 4 is 31.7 Å². The summed E-state index contributed by atoms with van der Waals surface area (Å²) in [5.41, 5.74) is 14.4. The predicted octanol–water partition coefficient (Wildman–Crippen LogP) is 21.5. The normalized spacial score (nSPS) is 30.4. The molecule has 0 heterocycles. The van der Waals surface area contributed by atoms with Gasteiger partial charge in [-0.25, -0.2) is 0 Å². The first kappa shape index (κ1) is 74.5. The molecule has 0 aliphatic heterocycles. The first-order valence-electron chi connectivity index (χ1n) is 37.1. The Morgan fingerprint density at radius 3 is 0.562 bits per heavy atom. The third-order valence-corrected chi connectivity index (χ3v) is 43.7. The minimum atomic E-state index is -0.216. The Morgan fingerprint density at radius 1 is 0.212 bits per heavy atom. The molecule has 12 aliphatic carbocycles. The van der Waals surface area contributed by atoms with Crippen LogP contribution in [0.5, 0.6) is 0 Å². The molecule has 0 amide bonds. The summed E-state index contributed by atoms with van der Waals surface area (Å²) in [7, 11) is -0.817. The zero-order valence-electron chi connectivity index (χ0n) is 53.1. The molecule has 0 aromatic heterocycles. The Kier molecular flexibility index (Phi) is 39.8. The van der Waals surface area contributed by atoms with Crippen LogP contribution in [0.4, 0.5) is 0 Å². The summed E-state index contributed by atoms with van der Waals surface area (Å²) < 4.78 is 0. The van der Waals surface area contributed by atoms with Gasteiger partial charge >= 0.3 is 0 Å². The third-order valence-electron chi connectivity index (χ3n) is 25.4. The average Bonchev–Trinajstić information content (AvgIpc) is 4.42. The van der Waals surface area contributed by atoms with Gasteiger partial charge in [0.1, 0.15) is 0 Å². The van der Waals surface area contributed by atoms with Gasteiger partial charge in [0.05, 0.1) is 67.9 Å². The van der Waals surface area contributed by atoms with Crippen molar-refractivity contribution in [3.8, 4) is 0 Å². The number of hydrogen-bond donors (Lipinski definition) is 0. The maximum absolute atomic E-state index is 2.88. The summed E-state index contributed by atoms with van der Waals surface area (Å²) in [6.45, 7) is 5.75. The molecule has 475 valence electrons. The van der Waals surface area contributed by atoms with Gasteiger partial charge in [0.25, 0.3) is 0 Å². The van der Waals surface area contributed by atoms with Crippen molar-refractivity contribution in [1.29, 1.82) is 0 Å². The molecule has 8 heteroatoms. The summed E-state index contributed by atoms with van der Waals surface area (Å²) in [6.07, 6.45) is 88.7. The zero-order chi connectivity index (χ0) is 52.0. The van der Waals surface area contributed by atoms with Gasteiger partial charge in [0.2, 0.25) is 0 Å². The van der Waals surface area contributed by atoms with E-state index in [2.05, 4.69) is 13.8 Å². The standard InChI is InChI=1S/2C31H56P2.2C5H10.Au.ClH.2Fe/c2*1-25(32(26-15-6-2-7-16-26)27-17-8-3-9-18-27)30-23-14-24-31(30)33(28-19-10-4-11-20-28)29-21-12-5-13-22-29;2*1-2-4-5-3-1;;;;/h2*25-31H,2-24H2,1H3;2*1-5H2;;1H;;/p+3/t2*25-,30?,31?;;;;;;/m10....../s1. The SMILES string of the molecule is C1CCCC1.C1CCCC1.C[C@@H](C1CCCC1[PH+](C1CCCCC1)C1CCCCC1)[PH+](C1CCCCC1)C1CCCCC1.C[C@H](C1CCCC1[PH+](C1CCCCC1)C1CCCCC1)[PH+](C1CCCCC1)C1CCCCC1.[Au].[Cl-].[Fe].[Fe]. The molecule has 12 rings (SSSR count). The molecule has 6 atom stereocenters. The molecule has 0 N–H and O–H groups in total. The van der Waals surface area contributed by atoms with E-state index in [1.165, 1.54) is 133 Å². The first-order valence-corrected chi connectivity index (χ1v) is 44.0. The fourth-order valence-electron chi connectivity index (χ4n) is 21.8. The fourth-order valence-corrected chi connectivity index (χ4v) is 43.6. The smallest absolute Gasteiger partial charge is 0.0746 e. The topological polar surface area (TPSA) is 0 Å². The second kappa shape index (κ2) is 42.8. The van der Waals surface area contributed by atoms with Gasteiger partial charge in [0, 0.05) is 100 Å². The third kappa shape index (κ3) is 22.6. The van der Waals surface area contributed by atoms with Crippen molar-refractivity contribution in [2.75, 3.05) is 0 Å². The van der Waals surface area contributed by atoms with Gasteiger partial charge < -0.3 is 12.4 Å². The van der Waals surface area contributed by atoms with E-state index in [1.807, 2.05) is 0 Å². The quantitative estimate of drug-likeness (QED) is 0.120. The summed E-state index contributed by atoms with van der Waals surface area (Å²) in [5.74, 6) is 2.33. The van der Waals surface area contributed by atoms with E-state index in [0.717, 1.165) is 11.3 Å². The number of hydrogen-bond acceptors (Lipinski definition) is 0. The Hall–Kier alpha value is 3.79. The maximum Gasteiger partial charge on any atom is 0.0746 e.